The zero-order valence-corrected chi connectivity index (χ0v) is 16.7. The number of pyridine rings is 1. The number of hydrogen-bond acceptors (Lipinski definition) is 6. The number of nitrogens with one attached hydrogen (secondary N) is 1. The number of ether oxygens (including phenoxy) is 1. The first-order valence-corrected chi connectivity index (χ1v) is 9.88. The van der Waals surface area contributed by atoms with Crippen LogP contribution in [0.4, 0.5) is 5.69 Å². The number of aromatic hydroxyl groups is 1. The van der Waals surface area contributed by atoms with Gasteiger partial charge in [0.05, 0.1) is 24.0 Å². The molecule has 6 heteroatoms. The summed E-state index contributed by atoms with van der Waals surface area (Å²) >= 11 is 0. The molecule has 0 saturated carbocycles. The first-order chi connectivity index (χ1) is 13.0. The average molecular weight is 370 g/mol. The number of fused-ring (bicyclic) bond motifs is 2. The van der Waals surface area contributed by atoms with E-state index in [0.717, 1.165) is 61.3 Å². The lowest BCUT2D eigenvalue weighted by Gasteiger charge is -2.35. The molecule has 4 rings (SSSR count). The number of likely N-dealkylation sites (tertiary alicyclic amines) is 1. The normalized spacial score (nSPS) is 19.0. The molecular formula is C21H30N4O2. The third kappa shape index (κ3) is 3.44. The summed E-state index contributed by atoms with van der Waals surface area (Å²) in [5.41, 5.74) is 4.40. The monoisotopic (exact) mass is 370 g/mol. The van der Waals surface area contributed by atoms with Crippen molar-refractivity contribution < 1.29 is 9.84 Å². The maximum absolute atomic E-state index is 10.3. The van der Waals surface area contributed by atoms with E-state index < -0.39 is 0 Å². The molecule has 6 nitrogen and oxygen atoms in total. The summed E-state index contributed by atoms with van der Waals surface area (Å²) in [6.45, 7) is 8.53. The van der Waals surface area contributed by atoms with Crippen molar-refractivity contribution in [3.8, 4) is 11.5 Å². The molecule has 1 fully saturated rings. The maximum Gasteiger partial charge on any atom is 0.162 e. The summed E-state index contributed by atoms with van der Waals surface area (Å²) in [7, 11) is 3.69. The van der Waals surface area contributed by atoms with Crippen molar-refractivity contribution in [2.24, 2.45) is 0 Å². The molecule has 1 saturated heterocycles. The lowest BCUT2D eigenvalue weighted by Crippen LogP contribution is -2.42. The Balaban J connectivity index is 1.70. The van der Waals surface area contributed by atoms with E-state index >= 15 is 0 Å². The number of aromatic nitrogens is 1. The number of methoxy groups -OCH3 is 1. The van der Waals surface area contributed by atoms with E-state index in [2.05, 4.69) is 36.0 Å². The molecule has 2 aliphatic heterocycles. The van der Waals surface area contributed by atoms with Gasteiger partial charge in [-0.3, -0.25) is 9.88 Å². The summed E-state index contributed by atoms with van der Waals surface area (Å²) in [5.74, 6) is 0.633. The molecular weight excluding hydrogens is 340 g/mol. The Kier molecular flexibility index (Phi) is 4.86. The van der Waals surface area contributed by atoms with Crippen molar-refractivity contribution >= 4 is 16.6 Å². The number of piperidine rings is 1. The summed E-state index contributed by atoms with van der Waals surface area (Å²) in [6, 6.07) is 4.70. The third-order valence-electron chi connectivity index (χ3n) is 5.93. The number of phenols is 1. The number of benzene rings is 1. The van der Waals surface area contributed by atoms with Crippen molar-refractivity contribution in [3.63, 3.8) is 0 Å². The van der Waals surface area contributed by atoms with Gasteiger partial charge in [0.1, 0.15) is 0 Å². The van der Waals surface area contributed by atoms with E-state index in [1.165, 1.54) is 5.56 Å². The number of hydrogen-bond donors (Lipinski definition) is 2. The van der Waals surface area contributed by atoms with Crippen LogP contribution in [0.5, 0.6) is 11.5 Å². The van der Waals surface area contributed by atoms with Gasteiger partial charge >= 0.3 is 0 Å². The van der Waals surface area contributed by atoms with Crippen molar-refractivity contribution in [2.75, 3.05) is 32.6 Å². The second-order valence-corrected chi connectivity index (χ2v) is 8.17. The predicted octanol–water partition coefficient (Wildman–Crippen LogP) is 3.18. The zero-order valence-electron chi connectivity index (χ0n) is 16.7. The van der Waals surface area contributed by atoms with E-state index in [9.17, 15) is 5.11 Å². The molecule has 3 heterocycles. The number of nitrogens with zero attached hydrogens (tertiary/aromatic N) is 3. The molecule has 0 bridgehead atoms. The first-order valence-electron chi connectivity index (χ1n) is 9.88. The molecule has 0 unspecified atom stereocenters. The zero-order chi connectivity index (χ0) is 19.1. The van der Waals surface area contributed by atoms with Gasteiger partial charge < -0.3 is 20.1 Å². The fourth-order valence-corrected chi connectivity index (χ4v) is 4.35. The van der Waals surface area contributed by atoms with Crippen LogP contribution in [0.1, 0.15) is 37.9 Å². The van der Waals surface area contributed by atoms with Gasteiger partial charge in [-0.25, -0.2) is 0 Å². The van der Waals surface area contributed by atoms with Crippen molar-refractivity contribution in [2.45, 2.75) is 51.9 Å². The predicted molar refractivity (Wildman–Crippen MR) is 108 cm³/mol. The Hall–Kier alpha value is -2.05. The van der Waals surface area contributed by atoms with Crippen LogP contribution >= 0.6 is 0 Å². The summed E-state index contributed by atoms with van der Waals surface area (Å²) in [5, 5.41) is 15.1. The number of anilines is 1. The lowest BCUT2D eigenvalue weighted by molar-refractivity contribution is 0.177. The van der Waals surface area contributed by atoms with E-state index in [1.54, 1.807) is 13.2 Å². The molecule has 1 aromatic heterocycles. The van der Waals surface area contributed by atoms with Gasteiger partial charge in [-0.1, -0.05) is 0 Å². The highest BCUT2D eigenvalue weighted by molar-refractivity contribution is 5.96. The molecule has 0 spiro atoms. The van der Waals surface area contributed by atoms with Gasteiger partial charge in [-0.15, -0.1) is 0 Å². The Morgan fingerprint density at radius 3 is 2.63 bits per heavy atom. The molecule has 0 radical (unpaired) electrons. The molecule has 146 valence electrons. The molecule has 2 N–H and O–H groups in total. The topological polar surface area (TPSA) is 60.9 Å². The summed E-state index contributed by atoms with van der Waals surface area (Å²) < 4.78 is 5.29. The van der Waals surface area contributed by atoms with E-state index in [1.807, 2.05) is 6.07 Å². The third-order valence-corrected chi connectivity index (χ3v) is 5.93. The van der Waals surface area contributed by atoms with Crippen molar-refractivity contribution in [1.29, 1.82) is 0 Å². The standard InChI is InChI=1S/C21H30N4O2/c1-13(2)25-7-5-14(6-8-25)22-21-15-9-19(26)20(27-4)10-17(15)23-18-12-24(3)11-16(18)21/h9-10,13-14,26H,5-8,11-12H2,1-4H3,(H,22,23). The highest BCUT2D eigenvalue weighted by atomic mass is 16.5. The molecule has 0 atom stereocenters. The van der Waals surface area contributed by atoms with Crippen LogP contribution < -0.4 is 10.1 Å². The molecule has 2 aromatic rings. The molecule has 0 aliphatic carbocycles. The largest absolute Gasteiger partial charge is 0.504 e. The smallest absolute Gasteiger partial charge is 0.162 e. The first kappa shape index (κ1) is 18.3. The Morgan fingerprint density at radius 2 is 1.96 bits per heavy atom. The molecule has 0 amide bonds. The summed E-state index contributed by atoms with van der Waals surface area (Å²) in [6.07, 6.45) is 2.27. The van der Waals surface area contributed by atoms with Crippen LogP contribution in [-0.4, -0.2) is 59.2 Å². The van der Waals surface area contributed by atoms with Crippen LogP contribution in [0, 0.1) is 0 Å². The van der Waals surface area contributed by atoms with Crippen LogP contribution in [0.25, 0.3) is 10.9 Å². The average Bonchev–Trinajstić information content (AvgIpc) is 3.02. The van der Waals surface area contributed by atoms with Crippen molar-refractivity contribution in [3.05, 3.63) is 23.4 Å². The van der Waals surface area contributed by atoms with Gasteiger partial charge in [0.15, 0.2) is 11.5 Å². The van der Waals surface area contributed by atoms with Crippen molar-refractivity contribution in [1.82, 2.24) is 14.8 Å². The summed E-state index contributed by atoms with van der Waals surface area (Å²) in [4.78, 5) is 9.68. The fourth-order valence-electron chi connectivity index (χ4n) is 4.35. The van der Waals surface area contributed by atoms with Crippen LogP contribution in [0.2, 0.25) is 0 Å². The van der Waals surface area contributed by atoms with Gasteiger partial charge in [-0.05, 0) is 39.8 Å². The molecule has 2 aliphatic rings. The van der Waals surface area contributed by atoms with Gasteiger partial charge in [0, 0.05) is 55.3 Å². The van der Waals surface area contributed by atoms with E-state index in [-0.39, 0.29) is 5.75 Å². The SMILES string of the molecule is COc1cc2nc3c(c(NC4CCN(C(C)C)CC4)c2cc1O)CN(C)C3. The van der Waals surface area contributed by atoms with Crippen LogP contribution in [0.15, 0.2) is 12.1 Å². The number of phenolic OH excluding ortho intramolecular Hbond substituents is 1. The number of rotatable bonds is 4. The quantitative estimate of drug-likeness (QED) is 0.862. The highest BCUT2D eigenvalue weighted by Gasteiger charge is 2.27. The second kappa shape index (κ2) is 7.17. The second-order valence-electron chi connectivity index (χ2n) is 8.17. The Labute approximate surface area is 161 Å². The van der Waals surface area contributed by atoms with Gasteiger partial charge in [-0.2, -0.15) is 0 Å². The van der Waals surface area contributed by atoms with Gasteiger partial charge in [0.2, 0.25) is 0 Å². The van der Waals surface area contributed by atoms with Crippen LogP contribution in [0.3, 0.4) is 0 Å². The molecule has 1 aromatic carbocycles. The van der Waals surface area contributed by atoms with Gasteiger partial charge in [0.25, 0.3) is 0 Å². The minimum atomic E-state index is 0.163. The van der Waals surface area contributed by atoms with E-state index in [4.69, 9.17) is 9.72 Å². The Morgan fingerprint density at radius 1 is 1.22 bits per heavy atom. The maximum atomic E-state index is 10.3. The van der Waals surface area contributed by atoms with Crippen LogP contribution in [-0.2, 0) is 13.1 Å². The van der Waals surface area contributed by atoms with E-state index in [0.29, 0.717) is 17.8 Å². The Bertz CT molecular complexity index is 844. The minimum absolute atomic E-state index is 0.163. The molecule has 27 heavy (non-hydrogen) atoms. The fraction of sp³-hybridized carbons (Fsp3) is 0.571. The minimum Gasteiger partial charge on any atom is -0.504 e. The lowest BCUT2D eigenvalue weighted by atomic mass is 10.0. The highest BCUT2D eigenvalue weighted by Crippen LogP contribution is 2.39.